The average Bonchev–Trinajstić information content (AvgIpc) is 2.63. The molecule has 0 heterocycles. The predicted molar refractivity (Wildman–Crippen MR) is 92.3 cm³/mol. The Morgan fingerprint density at radius 1 is 0.750 bits per heavy atom. The van der Waals surface area contributed by atoms with Crippen LogP contribution in [0.1, 0.15) is 16.7 Å². The van der Waals surface area contributed by atoms with E-state index >= 15 is 0 Å². The Bertz CT molecular complexity index is 746. The number of nitrogens with one attached hydrogen (secondary N) is 1. The van der Waals surface area contributed by atoms with Crippen molar-refractivity contribution in [3.63, 3.8) is 0 Å². The van der Waals surface area contributed by atoms with Gasteiger partial charge in [0.25, 0.3) is 0 Å². The fourth-order valence-electron chi connectivity index (χ4n) is 3.08. The van der Waals surface area contributed by atoms with Gasteiger partial charge in [0.2, 0.25) is 0 Å². The van der Waals surface area contributed by atoms with Crippen LogP contribution in [0.5, 0.6) is 0 Å². The highest BCUT2D eigenvalue weighted by Gasteiger charge is 2.34. The number of rotatable bonds is 5. The van der Waals surface area contributed by atoms with Crippen molar-refractivity contribution in [3.8, 4) is 0 Å². The minimum atomic E-state index is -1.29. The second-order valence-corrected chi connectivity index (χ2v) is 5.71. The molecule has 0 saturated heterocycles. The van der Waals surface area contributed by atoms with Crippen LogP contribution < -0.4 is 10.4 Å². The quantitative estimate of drug-likeness (QED) is 0.786. The number of hydrogen-bond donors (Lipinski definition) is 1. The smallest absolute Gasteiger partial charge is 0.135 e. The van der Waals surface area contributed by atoms with Crippen LogP contribution in [0, 0.1) is 0 Å². The maximum absolute atomic E-state index is 11.5. The predicted octanol–water partition coefficient (Wildman–Crippen LogP) is 3.11. The van der Waals surface area contributed by atoms with Gasteiger partial charge in [-0.1, -0.05) is 91.0 Å². The monoisotopic (exact) mass is 316 g/mol. The molecule has 1 amide bonds. The van der Waals surface area contributed by atoms with Crippen molar-refractivity contribution in [2.75, 3.05) is 0 Å². The number of amides is 1. The lowest BCUT2D eigenvalue weighted by molar-refractivity contribution is -0.252. The van der Waals surface area contributed by atoms with Crippen molar-refractivity contribution >= 4 is 6.09 Å². The van der Waals surface area contributed by atoms with E-state index in [9.17, 15) is 9.90 Å². The molecule has 3 heteroatoms. The molecule has 0 saturated carbocycles. The summed E-state index contributed by atoms with van der Waals surface area (Å²) in [5.74, 6) is 0. The molecule has 1 N–H and O–H groups in total. The first-order chi connectivity index (χ1) is 11.7. The van der Waals surface area contributed by atoms with Gasteiger partial charge < -0.3 is 15.2 Å². The Hall–Kier alpha value is -3.07. The third-order valence-electron chi connectivity index (χ3n) is 4.16. The molecule has 0 aromatic heterocycles. The Balaban J connectivity index is 2.18. The number of carboxylic acid groups (broad SMARTS) is 1. The van der Waals surface area contributed by atoms with Gasteiger partial charge in [0.1, 0.15) is 6.09 Å². The maximum Gasteiger partial charge on any atom is 0.135 e. The van der Waals surface area contributed by atoms with Crippen LogP contribution in [0.3, 0.4) is 0 Å². The first kappa shape index (κ1) is 15.8. The summed E-state index contributed by atoms with van der Waals surface area (Å²) in [6, 6.07) is 29.1. The molecule has 3 aromatic carbocycles. The van der Waals surface area contributed by atoms with E-state index in [0.717, 1.165) is 16.7 Å². The van der Waals surface area contributed by atoms with E-state index in [2.05, 4.69) is 5.32 Å². The Morgan fingerprint density at radius 3 is 1.58 bits per heavy atom. The molecule has 0 aliphatic rings. The Labute approximate surface area is 141 Å². The minimum absolute atomic E-state index is 0.496. The van der Waals surface area contributed by atoms with Gasteiger partial charge >= 0.3 is 0 Å². The van der Waals surface area contributed by atoms with Crippen molar-refractivity contribution in [2.24, 2.45) is 0 Å². The molecule has 0 aliphatic heterocycles. The van der Waals surface area contributed by atoms with Gasteiger partial charge in [-0.15, -0.1) is 0 Å². The molecule has 0 bridgehead atoms. The summed E-state index contributed by atoms with van der Waals surface area (Å²) in [6.45, 7) is 0. The van der Waals surface area contributed by atoms with E-state index in [1.165, 1.54) is 0 Å². The number of benzene rings is 3. The van der Waals surface area contributed by atoms with Gasteiger partial charge in [-0.3, -0.25) is 0 Å². The zero-order valence-electron chi connectivity index (χ0n) is 13.2. The molecular formula is C21H18NO2-. The fourth-order valence-corrected chi connectivity index (χ4v) is 3.08. The molecule has 3 rings (SSSR count). The first-order valence-corrected chi connectivity index (χ1v) is 7.85. The van der Waals surface area contributed by atoms with Crippen molar-refractivity contribution < 1.29 is 9.90 Å². The van der Waals surface area contributed by atoms with Gasteiger partial charge in [-0.25, -0.2) is 0 Å². The largest absolute Gasteiger partial charge is 0.530 e. The van der Waals surface area contributed by atoms with Crippen LogP contribution in [0.2, 0.25) is 0 Å². The maximum atomic E-state index is 11.5. The van der Waals surface area contributed by atoms with E-state index < -0.39 is 11.6 Å². The fraction of sp³-hybridized carbons (Fsp3) is 0.0952. The molecular weight excluding hydrogens is 298 g/mol. The molecule has 3 aromatic rings. The SMILES string of the molecule is O=C([O-])NC(Cc1ccccc1)(c1ccccc1)c1ccccc1. The molecule has 24 heavy (non-hydrogen) atoms. The zero-order valence-corrected chi connectivity index (χ0v) is 13.2. The lowest BCUT2D eigenvalue weighted by Crippen LogP contribution is -2.53. The van der Waals surface area contributed by atoms with Crippen molar-refractivity contribution in [1.29, 1.82) is 0 Å². The van der Waals surface area contributed by atoms with Crippen molar-refractivity contribution in [2.45, 2.75) is 12.0 Å². The normalized spacial score (nSPS) is 11.0. The highest BCUT2D eigenvalue weighted by molar-refractivity contribution is 5.65. The second-order valence-electron chi connectivity index (χ2n) is 5.71. The average molecular weight is 316 g/mol. The van der Waals surface area contributed by atoms with Gasteiger partial charge in [-0.05, 0) is 16.7 Å². The van der Waals surface area contributed by atoms with Crippen LogP contribution in [0.25, 0.3) is 0 Å². The summed E-state index contributed by atoms with van der Waals surface area (Å²) < 4.78 is 0. The lowest BCUT2D eigenvalue weighted by Gasteiger charge is -2.37. The van der Waals surface area contributed by atoms with E-state index in [1.807, 2.05) is 91.0 Å². The van der Waals surface area contributed by atoms with Gasteiger partial charge in [-0.2, -0.15) is 0 Å². The van der Waals surface area contributed by atoms with Crippen LogP contribution in [0.15, 0.2) is 91.0 Å². The number of hydrogen-bond acceptors (Lipinski definition) is 2. The number of carbonyl (C=O) groups excluding carboxylic acids is 1. The summed E-state index contributed by atoms with van der Waals surface area (Å²) in [5.41, 5.74) is 1.90. The standard InChI is InChI=1S/C21H19NO2/c23-20(24)22-21(18-12-6-2-7-13-18,19-14-8-3-9-15-19)16-17-10-4-1-5-11-17/h1-15,22H,16H2,(H,23,24)/p-1. The van der Waals surface area contributed by atoms with Gasteiger partial charge in [0.05, 0.1) is 5.54 Å². The summed E-state index contributed by atoms with van der Waals surface area (Å²) in [5, 5.41) is 14.2. The summed E-state index contributed by atoms with van der Waals surface area (Å²) in [7, 11) is 0. The van der Waals surface area contributed by atoms with Crippen LogP contribution in [-0.2, 0) is 12.0 Å². The van der Waals surface area contributed by atoms with Crippen molar-refractivity contribution in [1.82, 2.24) is 5.32 Å². The highest BCUT2D eigenvalue weighted by Crippen LogP contribution is 2.33. The summed E-state index contributed by atoms with van der Waals surface area (Å²) >= 11 is 0. The Kier molecular flexibility index (Phi) is 4.62. The molecule has 0 aliphatic carbocycles. The van der Waals surface area contributed by atoms with E-state index in [0.29, 0.717) is 6.42 Å². The molecule has 0 radical (unpaired) electrons. The molecule has 0 unspecified atom stereocenters. The van der Waals surface area contributed by atoms with Gasteiger partial charge in [0.15, 0.2) is 0 Å². The van der Waals surface area contributed by atoms with Crippen LogP contribution in [-0.4, -0.2) is 6.09 Å². The van der Waals surface area contributed by atoms with Crippen LogP contribution >= 0.6 is 0 Å². The topological polar surface area (TPSA) is 52.2 Å². The van der Waals surface area contributed by atoms with E-state index in [-0.39, 0.29) is 0 Å². The second kappa shape index (κ2) is 7.01. The molecule has 3 nitrogen and oxygen atoms in total. The first-order valence-electron chi connectivity index (χ1n) is 7.85. The van der Waals surface area contributed by atoms with Crippen molar-refractivity contribution in [3.05, 3.63) is 108 Å². The van der Waals surface area contributed by atoms with Crippen LogP contribution in [0.4, 0.5) is 4.79 Å². The Morgan fingerprint density at radius 2 is 1.17 bits per heavy atom. The lowest BCUT2D eigenvalue weighted by atomic mass is 9.78. The minimum Gasteiger partial charge on any atom is -0.530 e. The highest BCUT2D eigenvalue weighted by atomic mass is 16.4. The third kappa shape index (κ3) is 3.30. The molecule has 120 valence electrons. The summed E-state index contributed by atoms with van der Waals surface area (Å²) in [4.78, 5) is 11.5. The van der Waals surface area contributed by atoms with E-state index in [4.69, 9.17) is 0 Å². The molecule has 0 spiro atoms. The zero-order chi connectivity index (χ0) is 16.8. The molecule has 0 atom stereocenters. The number of carbonyl (C=O) groups is 1. The third-order valence-corrected chi connectivity index (χ3v) is 4.16. The van der Waals surface area contributed by atoms with Gasteiger partial charge in [0, 0.05) is 6.42 Å². The summed E-state index contributed by atoms with van der Waals surface area (Å²) in [6.07, 6.45) is -0.797. The van der Waals surface area contributed by atoms with E-state index in [1.54, 1.807) is 0 Å². The molecule has 0 fully saturated rings.